The lowest BCUT2D eigenvalue weighted by Gasteiger charge is -2.14. The molecule has 0 bridgehead atoms. The standard InChI is InChI=1S/C13H20N4/c1-3-10(7-14)8-15-11-4-5-12-13(6-11)17-9(2)16-12/h4-6,10,15H,3,7-8,14H2,1-2H3,(H,16,17). The Kier molecular flexibility index (Phi) is 3.64. The first kappa shape index (κ1) is 11.9. The van der Waals surface area contributed by atoms with Crippen molar-refractivity contribution in [3.8, 4) is 0 Å². The molecule has 4 nitrogen and oxygen atoms in total. The number of nitrogens with one attached hydrogen (secondary N) is 2. The van der Waals surface area contributed by atoms with E-state index in [4.69, 9.17) is 5.73 Å². The van der Waals surface area contributed by atoms with E-state index in [1.54, 1.807) is 0 Å². The van der Waals surface area contributed by atoms with Gasteiger partial charge in [-0.3, -0.25) is 0 Å². The van der Waals surface area contributed by atoms with Crippen LogP contribution < -0.4 is 11.1 Å². The van der Waals surface area contributed by atoms with Crippen LogP contribution in [0, 0.1) is 12.8 Å². The predicted octanol–water partition coefficient (Wildman–Crippen LogP) is 2.27. The number of H-pyrrole nitrogens is 1. The number of aryl methyl sites for hydroxylation is 1. The molecule has 2 aromatic rings. The summed E-state index contributed by atoms with van der Waals surface area (Å²) in [6.45, 7) is 5.79. The summed E-state index contributed by atoms with van der Waals surface area (Å²) >= 11 is 0. The number of fused-ring (bicyclic) bond motifs is 1. The van der Waals surface area contributed by atoms with Crippen molar-refractivity contribution < 1.29 is 0 Å². The topological polar surface area (TPSA) is 66.7 Å². The maximum atomic E-state index is 5.69. The highest BCUT2D eigenvalue weighted by Crippen LogP contribution is 2.17. The fraction of sp³-hybridized carbons (Fsp3) is 0.462. The molecule has 0 saturated heterocycles. The first-order valence-corrected chi connectivity index (χ1v) is 6.13. The highest BCUT2D eigenvalue weighted by Gasteiger charge is 2.04. The van der Waals surface area contributed by atoms with Crippen LogP contribution in [0.4, 0.5) is 5.69 Å². The normalized spacial score (nSPS) is 12.9. The summed E-state index contributed by atoms with van der Waals surface area (Å²) in [5, 5.41) is 3.42. The smallest absolute Gasteiger partial charge is 0.104 e. The first-order valence-electron chi connectivity index (χ1n) is 6.13. The second kappa shape index (κ2) is 5.19. The molecule has 0 saturated carbocycles. The van der Waals surface area contributed by atoms with Gasteiger partial charge in [-0.25, -0.2) is 4.98 Å². The molecule has 0 amide bonds. The van der Waals surface area contributed by atoms with Gasteiger partial charge in [0.1, 0.15) is 5.82 Å². The van der Waals surface area contributed by atoms with Crippen molar-refractivity contribution in [2.24, 2.45) is 11.7 Å². The molecule has 92 valence electrons. The lowest BCUT2D eigenvalue weighted by molar-refractivity contribution is 0.548. The highest BCUT2D eigenvalue weighted by molar-refractivity contribution is 5.79. The number of benzene rings is 1. The summed E-state index contributed by atoms with van der Waals surface area (Å²) in [7, 11) is 0. The monoisotopic (exact) mass is 232 g/mol. The van der Waals surface area contributed by atoms with E-state index in [0.29, 0.717) is 5.92 Å². The fourth-order valence-electron chi connectivity index (χ4n) is 1.90. The molecule has 2 rings (SSSR count). The number of aromatic amines is 1. The fourth-order valence-corrected chi connectivity index (χ4v) is 1.90. The number of imidazole rings is 1. The number of hydrogen-bond donors (Lipinski definition) is 3. The molecule has 1 aromatic heterocycles. The molecule has 0 aliphatic rings. The predicted molar refractivity (Wildman–Crippen MR) is 72.2 cm³/mol. The summed E-state index contributed by atoms with van der Waals surface area (Å²) in [6, 6.07) is 6.19. The lowest BCUT2D eigenvalue weighted by atomic mass is 10.1. The van der Waals surface area contributed by atoms with Crippen LogP contribution in [0.25, 0.3) is 11.0 Å². The van der Waals surface area contributed by atoms with Gasteiger partial charge >= 0.3 is 0 Å². The minimum absolute atomic E-state index is 0.536. The quantitative estimate of drug-likeness (QED) is 0.741. The van der Waals surface area contributed by atoms with E-state index in [0.717, 1.165) is 42.1 Å². The maximum Gasteiger partial charge on any atom is 0.104 e. The van der Waals surface area contributed by atoms with Crippen LogP contribution >= 0.6 is 0 Å². The van der Waals surface area contributed by atoms with Crippen LogP contribution in [-0.2, 0) is 0 Å². The molecule has 1 atom stereocenters. The minimum atomic E-state index is 0.536. The van der Waals surface area contributed by atoms with Crippen LogP contribution in [0.5, 0.6) is 0 Å². The van der Waals surface area contributed by atoms with Gasteiger partial charge in [0, 0.05) is 12.2 Å². The number of anilines is 1. The van der Waals surface area contributed by atoms with Crippen molar-refractivity contribution in [1.82, 2.24) is 9.97 Å². The van der Waals surface area contributed by atoms with Crippen molar-refractivity contribution in [3.63, 3.8) is 0 Å². The average molecular weight is 232 g/mol. The number of hydrogen-bond acceptors (Lipinski definition) is 3. The second-order valence-electron chi connectivity index (χ2n) is 4.45. The van der Waals surface area contributed by atoms with Gasteiger partial charge in [-0.15, -0.1) is 0 Å². The molecule has 0 aliphatic heterocycles. The van der Waals surface area contributed by atoms with Gasteiger partial charge in [0.2, 0.25) is 0 Å². The van der Waals surface area contributed by atoms with E-state index in [-0.39, 0.29) is 0 Å². The molecule has 0 spiro atoms. The number of nitrogens with two attached hydrogens (primary N) is 1. The van der Waals surface area contributed by atoms with Crippen molar-refractivity contribution in [2.75, 3.05) is 18.4 Å². The molecule has 1 aromatic carbocycles. The Bertz CT molecular complexity index is 485. The van der Waals surface area contributed by atoms with Crippen molar-refractivity contribution in [1.29, 1.82) is 0 Å². The van der Waals surface area contributed by atoms with Gasteiger partial charge in [0.05, 0.1) is 11.0 Å². The lowest BCUT2D eigenvalue weighted by Crippen LogP contribution is -2.21. The van der Waals surface area contributed by atoms with E-state index in [1.165, 1.54) is 0 Å². The van der Waals surface area contributed by atoms with Crippen LogP contribution in [0.1, 0.15) is 19.2 Å². The second-order valence-corrected chi connectivity index (χ2v) is 4.45. The van der Waals surface area contributed by atoms with Gasteiger partial charge in [0.15, 0.2) is 0 Å². The van der Waals surface area contributed by atoms with Crippen molar-refractivity contribution in [2.45, 2.75) is 20.3 Å². The van der Waals surface area contributed by atoms with Crippen LogP contribution in [0.2, 0.25) is 0 Å². The molecule has 0 radical (unpaired) electrons. The molecule has 17 heavy (non-hydrogen) atoms. The Labute approximate surface area is 102 Å². The highest BCUT2D eigenvalue weighted by atomic mass is 14.9. The zero-order valence-electron chi connectivity index (χ0n) is 10.5. The number of rotatable bonds is 5. The van der Waals surface area contributed by atoms with Crippen molar-refractivity contribution >= 4 is 16.7 Å². The van der Waals surface area contributed by atoms with Crippen molar-refractivity contribution in [3.05, 3.63) is 24.0 Å². The van der Waals surface area contributed by atoms with Gasteiger partial charge in [0.25, 0.3) is 0 Å². The summed E-state index contributed by atoms with van der Waals surface area (Å²) in [5.74, 6) is 1.49. The third-order valence-corrected chi connectivity index (χ3v) is 3.11. The summed E-state index contributed by atoms with van der Waals surface area (Å²) in [6.07, 6.45) is 1.11. The van der Waals surface area contributed by atoms with Gasteiger partial charge < -0.3 is 16.0 Å². The van der Waals surface area contributed by atoms with Gasteiger partial charge in [-0.2, -0.15) is 0 Å². The molecular formula is C13H20N4. The number of nitrogens with zero attached hydrogens (tertiary/aromatic N) is 1. The zero-order valence-corrected chi connectivity index (χ0v) is 10.5. The third-order valence-electron chi connectivity index (χ3n) is 3.11. The van der Waals surface area contributed by atoms with E-state index in [1.807, 2.05) is 13.0 Å². The first-order chi connectivity index (χ1) is 8.22. The van der Waals surface area contributed by atoms with Crippen LogP contribution in [0.15, 0.2) is 18.2 Å². The molecular weight excluding hydrogens is 212 g/mol. The third kappa shape index (κ3) is 2.77. The molecule has 4 N–H and O–H groups in total. The van der Waals surface area contributed by atoms with E-state index >= 15 is 0 Å². The van der Waals surface area contributed by atoms with Gasteiger partial charge in [-0.1, -0.05) is 13.3 Å². The summed E-state index contributed by atoms with van der Waals surface area (Å²) in [4.78, 5) is 7.62. The molecule has 0 fully saturated rings. The van der Waals surface area contributed by atoms with E-state index in [2.05, 4.69) is 34.3 Å². The molecule has 4 heteroatoms. The SMILES string of the molecule is CCC(CN)CNc1ccc2nc(C)[nH]c2c1. The zero-order chi connectivity index (χ0) is 12.3. The Balaban J connectivity index is 2.08. The van der Waals surface area contributed by atoms with Crippen LogP contribution in [0.3, 0.4) is 0 Å². The molecule has 1 unspecified atom stereocenters. The molecule has 1 heterocycles. The Morgan fingerprint density at radius 3 is 3.00 bits per heavy atom. The Morgan fingerprint density at radius 1 is 1.47 bits per heavy atom. The summed E-state index contributed by atoms with van der Waals surface area (Å²) < 4.78 is 0. The van der Waals surface area contributed by atoms with Gasteiger partial charge in [-0.05, 0) is 37.6 Å². The van der Waals surface area contributed by atoms with Crippen LogP contribution in [-0.4, -0.2) is 23.1 Å². The maximum absolute atomic E-state index is 5.69. The average Bonchev–Trinajstić information content (AvgIpc) is 2.69. The largest absolute Gasteiger partial charge is 0.385 e. The van der Waals surface area contributed by atoms with E-state index < -0.39 is 0 Å². The summed E-state index contributed by atoms with van der Waals surface area (Å²) in [5.41, 5.74) is 8.89. The van der Waals surface area contributed by atoms with E-state index in [9.17, 15) is 0 Å². The Morgan fingerprint density at radius 2 is 2.29 bits per heavy atom. The Hall–Kier alpha value is -1.55. The molecule has 0 aliphatic carbocycles. The number of aromatic nitrogens is 2. The minimum Gasteiger partial charge on any atom is -0.385 e.